The molecular weight excluding hydrogens is 325 g/mol. The third kappa shape index (κ3) is 3.27. The number of amides is 1. The van der Waals surface area contributed by atoms with E-state index in [9.17, 15) is 23.1 Å². The minimum Gasteiger partial charge on any atom is -0.391 e. The number of hydrogen-bond donors (Lipinski definition) is 1. The standard InChI is InChI=1S/C15H21F3N4O2/c1-20-9-10(13(19-20)15(16,17)18)14(24)22-7-5-21(6-8-22)11-3-2-4-12(11)23/h9,11-12,23H,2-8H2,1H3. The SMILES string of the molecule is Cn1cc(C(=O)N2CCN(C3CCCC3O)CC2)c(C(F)(F)F)n1. The van der Waals surface area contributed by atoms with Crippen LogP contribution < -0.4 is 0 Å². The van der Waals surface area contributed by atoms with Gasteiger partial charge in [-0.05, 0) is 19.3 Å². The Bertz CT molecular complexity index is 608. The van der Waals surface area contributed by atoms with E-state index in [2.05, 4.69) is 10.00 Å². The lowest BCUT2D eigenvalue weighted by molar-refractivity contribution is -0.141. The molecule has 3 rings (SSSR count). The molecule has 1 aliphatic heterocycles. The number of nitrogens with zero attached hydrogens (tertiary/aromatic N) is 4. The highest BCUT2D eigenvalue weighted by Gasteiger charge is 2.40. The zero-order valence-corrected chi connectivity index (χ0v) is 13.5. The van der Waals surface area contributed by atoms with Crippen LogP contribution in [-0.4, -0.2) is 68.9 Å². The van der Waals surface area contributed by atoms with Crippen molar-refractivity contribution >= 4 is 5.91 Å². The summed E-state index contributed by atoms with van der Waals surface area (Å²) < 4.78 is 40.1. The second-order valence-corrected chi connectivity index (χ2v) is 6.46. The highest BCUT2D eigenvalue weighted by atomic mass is 19.4. The summed E-state index contributed by atoms with van der Waals surface area (Å²) in [5.41, 5.74) is -1.54. The summed E-state index contributed by atoms with van der Waals surface area (Å²) in [7, 11) is 1.37. The first kappa shape index (κ1) is 17.2. The van der Waals surface area contributed by atoms with Gasteiger partial charge in [-0.15, -0.1) is 0 Å². The molecule has 1 N–H and O–H groups in total. The van der Waals surface area contributed by atoms with E-state index < -0.39 is 23.3 Å². The molecule has 134 valence electrons. The van der Waals surface area contributed by atoms with E-state index >= 15 is 0 Å². The number of hydrogen-bond acceptors (Lipinski definition) is 4. The lowest BCUT2D eigenvalue weighted by Crippen LogP contribution is -2.53. The predicted molar refractivity (Wildman–Crippen MR) is 79.3 cm³/mol. The zero-order chi connectivity index (χ0) is 17.5. The fraction of sp³-hybridized carbons (Fsp3) is 0.733. The van der Waals surface area contributed by atoms with Crippen LogP contribution in [0.3, 0.4) is 0 Å². The van der Waals surface area contributed by atoms with Crippen molar-refractivity contribution in [3.8, 4) is 0 Å². The Balaban J connectivity index is 1.68. The normalized spacial score (nSPS) is 26.1. The van der Waals surface area contributed by atoms with Crippen LogP contribution in [0, 0.1) is 0 Å². The van der Waals surface area contributed by atoms with E-state index in [-0.39, 0.29) is 12.1 Å². The number of aromatic nitrogens is 2. The molecule has 6 nitrogen and oxygen atoms in total. The number of rotatable bonds is 2. The maximum Gasteiger partial charge on any atom is 0.435 e. The summed E-state index contributed by atoms with van der Waals surface area (Å²) in [5.74, 6) is -0.637. The maximum absolute atomic E-state index is 13.0. The van der Waals surface area contributed by atoms with Crippen LogP contribution >= 0.6 is 0 Å². The number of aliphatic hydroxyl groups excluding tert-OH is 1. The third-order valence-corrected chi connectivity index (χ3v) is 4.84. The van der Waals surface area contributed by atoms with E-state index in [1.165, 1.54) is 11.9 Å². The van der Waals surface area contributed by atoms with Crippen LogP contribution in [0.5, 0.6) is 0 Å². The van der Waals surface area contributed by atoms with Gasteiger partial charge in [-0.1, -0.05) is 0 Å². The summed E-state index contributed by atoms with van der Waals surface area (Å²) in [6.07, 6.45) is -1.18. The minimum atomic E-state index is -4.65. The van der Waals surface area contributed by atoms with Crippen LogP contribution in [0.15, 0.2) is 6.20 Å². The molecule has 0 aromatic carbocycles. The lowest BCUT2D eigenvalue weighted by Gasteiger charge is -2.39. The van der Waals surface area contributed by atoms with Crippen molar-refractivity contribution in [2.75, 3.05) is 26.2 Å². The summed E-state index contributed by atoms with van der Waals surface area (Å²) in [5, 5.41) is 13.4. The van der Waals surface area contributed by atoms with Crippen molar-refractivity contribution in [3.63, 3.8) is 0 Å². The molecule has 24 heavy (non-hydrogen) atoms. The molecule has 1 aromatic heterocycles. The molecule has 2 aliphatic rings. The van der Waals surface area contributed by atoms with Gasteiger partial charge in [-0.3, -0.25) is 14.4 Å². The van der Waals surface area contributed by atoms with Crippen molar-refractivity contribution in [2.45, 2.75) is 37.6 Å². The molecule has 0 spiro atoms. The second-order valence-electron chi connectivity index (χ2n) is 6.46. The Morgan fingerprint density at radius 3 is 2.46 bits per heavy atom. The van der Waals surface area contributed by atoms with Gasteiger partial charge < -0.3 is 10.0 Å². The van der Waals surface area contributed by atoms with Crippen LogP contribution in [-0.2, 0) is 13.2 Å². The Labute approximate surface area is 137 Å². The Morgan fingerprint density at radius 1 is 1.25 bits per heavy atom. The summed E-state index contributed by atoms with van der Waals surface area (Å²) in [6.45, 7) is 1.84. The molecule has 2 fully saturated rings. The van der Waals surface area contributed by atoms with Gasteiger partial charge in [-0.2, -0.15) is 18.3 Å². The van der Waals surface area contributed by atoms with Crippen molar-refractivity contribution in [1.29, 1.82) is 0 Å². The first-order valence-electron chi connectivity index (χ1n) is 8.09. The Kier molecular flexibility index (Phi) is 4.56. The fourth-order valence-corrected chi connectivity index (χ4v) is 3.63. The monoisotopic (exact) mass is 346 g/mol. The molecule has 1 aliphatic carbocycles. The van der Waals surface area contributed by atoms with Crippen LogP contribution in [0.2, 0.25) is 0 Å². The molecular formula is C15H21F3N4O2. The highest BCUT2D eigenvalue weighted by molar-refractivity contribution is 5.95. The Hall–Kier alpha value is -1.61. The zero-order valence-electron chi connectivity index (χ0n) is 13.5. The van der Waals surface area contributed by atoms with Gasteiger partial charge in [0, 0.05) is 45.5 Å². The molecule has 0 bridgehead atoms. The van der Waals surface area contributed by atoms with Crippen molar-refractivity contribution < 1.29 is 23.1 Å². The molecule has 2 heterocycles. The largest absolute Gasteiger partial charge is 0.435 e. The molecule has 9 heteroatoms. The second kappa shape index (κ2) is 6.36. The van der Waals surface area contributed by atoms with Gasteiger partial charge in [0.05, 0.1) is 11.7 Å². The number of piperazine rings is 1. The van der Waals surface area contributed by atoms with Gasteiger partial charge >= 0.3 is 6.18 Å². The highest BCUT2D eigenvalue weighted by Crippen LogP contribution is 2.31. The quantitative estimate of drug-likeness (QED) is 0.872. The fourth-order valence-electron chi connectivity index (χ4n) is 3.63. The van der Waals surface area contributed by atoms with Crippen LogP contribution in [0.4, 0.5) is 13.2 Å². The maximum atomic E-state index is 13.0. The van der Waals surface area contributed by atoms with Gasteiger partial charge in [-0.25, -0.2) is 0 Å². The minimum absolute atomic E-state index is 0.103. The van der Waals surface area contributed by atoms with E-state index in [4.69, 9.17) is 0 Å². The average Bonchev–Trinajstić information content (AvgIpc) is 3.12. The molecule has 2 atom stereocenters. The molecule has 1 saturated carbocycles. The van der Waals surface area contributed by atoms with Crippen molar-refractivity contribution in [1.82, 2.24) is 19.6 Å². The van der Waals surface area contributed by atoms with Gasteiger partial charge in [0.25, 0.3) is 5.91 Å². The van der Waals surface area contributed by atoms with Gasteiger partial charge in [0.2, 0.25) is 0 Å². The molecule has 2 unspecified atom stereocenters. The van der Waals surface area contributed by atoms with Gasteiger partial charge in [0.1, 0.15) is 0 Å². The number of halogens is 3. The number of alkyl halides is 3. The molecule has 0 radical (unpaired) electrons. The lowest BCUT2D eigenvalue weighted by atomic mass is 10.1. The number of aliphatic hydroxyl groups is 1. The topological polar surface area (TPSA) is 61.6 Å². The van der Waals surface area contributed by atoms with Gasteiger partial charge in [0.15, 0.2) is 5.69 Å². The van der Waals surface area contributed by atoms with Crippen molar-refractivity contribution in [3.05, 3.63) is 17.5 Å². The van der Waals surface area contributed by atoms with Crippen molar-refractivity contribution in [2.24, 2.45) is 7.05 Å². The first-order chi connectivity index (χ1) is 11.3. The summed E-state index contributed by atoms with van der Waals surface area (Å²) in [4.78, 5) is 16.0. The third-order valence-electron chi connectivity index (χ3n) is 4.84. The summed E-state index contributed by atoms with van der Waals surface area (Å²) >= 11 is 0. The summed E-state index contributed by atoms with van der Waals surface area (Å²) in [6, 6.07) is 0.103. The number of carbonyl (C=O) groups excluding carboxylic acids is 1. The van der Waals surface area contributed by atoms with E-state index in [1.807, 2.05) is 0 Å². The molecule has 1 saturated heterocycles. The molecule has 1 amide bonds. The van der Waals surface area contributed by atoms with E-state index in [0.717, 1.165) is 30.1 Å². The van der Waals surface area contributed by atoms with E-state index in [0.29, 0.717) is 26.2 Å². The van der Waals surface area contributed by atoms with E-state index in [1.54, 1.807) is 0 Å². The first-order valence-corrected chi connectivity index (χ1v) is 8.09. The number of aryl methyl sites for hydroxylation is 1. The molecule has 1 aromatic rings. The smallest absolute Gasteiger partial charge is 0.391 e. The van der Waals surface area contributed by atoms with Crippen LogP contribution in [0.25, 0.3) is 0 Å². The predicted octanol–water partition coefficient (Wildman–Crippen LogP) is 1.11. The number of carbonyl (C=O) groups is 1. The average molecular weight is 346 g/mol. The Morgan fingerprint density at radius 2 is 1.92 bits per heavy atom. The van der Waals surface area contributed by atoms with Crippen LogP contribution in [0.1, 0.15) is 35.3 Å².